The van der Waals surface area contributed by atoms with Crippen molar-refractivity contribution in [3.05, 3.63) is 87.4 Å². The summed E-state index contributed by atoms with van der Waals surface area (Å²) in [6.07, 6.45) is 5.87. The number of carbonyl (C=O) groups excluding carboxylic acids is 2. The van der Waals surface area contributed by atoms with Crippen LogP contribution in [0.3, 0.4) is 0 Å². The average Bonchev–Trinajstić information content (AvgIpc) is 3.10. The topological polar surface area (TPSA) is 76.9 Å². The first-order chi connectivity index (χ1) is 14.5. The monoisotopic (exact) mass is 458 g/mol. The van der Waals surface area contributed by atoms with E-state index < -0.39 is 11.7 Å². The van der Waals surface area contributed by atoms with Gasteiger partial charge in [-0.25, -0.2) is 4.98 Å². The minimum atomic E-state index is -0.870. The highest BCUT2D eigenvalue weighted by Crippen LogP contribution is 2.29. The van der Waals surface area contributed by atoms with Gasteiger partial charge in [-0.3, -0.25) is 14.6 Å². The zero-order valence-corrected chi connectivity index (χ0v) is 17.5. The number of hydrogen-bond acceptors (Lipinski definition) is 4. The van der Waals surface area contributed by atoms with Crippen LogP contribution in [0.4, 0.5) is 5.69 Å². The molecule has 30 heavy (non-hydrogen) atoms. The van der Waals surface area contributed by atoms with Crippen LogP contribution in [0.1, 0.15) is 15.9 Å². The number of fused-ring (bicyclic) bond motifs is 1. The summed E-state index contributed by atoms with van der Waals surface area (Å²) in [7, 11) is 0. The second-order valence-electron chi connectivity index (χ2n) is 6.40. The van der Waals surface area contributed by atoms with Crippen LogP contribution >= 0.6 is 34.8 Å². The van der Waals surface area contributed by atoms with Gasteiger partial charge in [0.05, 0.1) is 27.8 Å². The van der Waals surface area contributed by atoms with Crippen LogP contribution < -0.4 is 5.32 Å². The van der Waals surface area contributed by atoms with Gasteiger partial charge in [-0.15, -0.1) is 0 Å². The largest absolute Gasteiger partial charge is 0.327 e. The molecule has 9 heteroatoms. The van der Waals surface area contributed by atoms with Crippen LogP contribution in [-0.4, -0.2) is 26.2 Å². The number of nitrogens with zero attached hydrogens (tertiary/aromatic N) is 3. The van der Waals surface area contributed by atoms with Crippen LogP contribution in [0.5, 0.6) is 0 Å². The molecule has 3 heterocycles. The van der Waals surface area contributed by atoms with Gasteiger partial charge in [0.15, 0.2) is 0 Å². The number of rotatable bonds is 5. The van der Waals surface area contributed by atoms with Crippen molar-refractivity contribution in [1.29, 1.82) is 0 Å². The van der Waals surface area contributed by atoms with E-state index in [1.54, 1.807) is 35.2 Å². The fourth-order valence-corrected chi connectivity index (χ4v) is 3.71. The molecule has 150 valence electrons. The minimum absolute atomic E-state index is 0.129. The number of halogens is 3. The van der Waals surface area contributed by atoms with E-state index >= 15 is 0 Å². The Hall–Kier alpha value is -2.93. The number of hydrogen-bond donors (Lipinski definition) is 1. The molecule has 0 bridgehead atoms. The molecule has 0 fully saturated rings. The lowest BCUT2D eigenvalue weighted by molar-refractivity contribution is -0.112. The number of nitrogens with one attached hydrogen (secondary N) is 1. The van der Waals surface area contributed by atoms with Crippen LogP contribution in [0.15, 0.2) is 61.2 Å². The molecule has 0 aliphatic rings. The van der Waals surface area contributed by atoms with E-state index in [4.69, 9.17) is 34.8 Å². The molecule has 0 aliphatic carbocycles. The molecule has 4 aromatic rings. The summed E-state index contributed by atoms with van der Waals surface area (Å²) in [4.78, 5) is 33.8. The summed E-state index contributed by atoms with van der Waals surface area (Å²) >= 11 is 18.3. The number of amides is 1. The molecular weight excluding hydrogens is 447 g/mol. The summed E-state index contributed by atoms with van der Waals surface area (Å²) in [5.74, 6) is -1.61. The van der Waals surface area contributed by atoms with Crippen molar-refractivity contribution in [1.82, 2.24) is 14.5 Å². The summed E-state index contributed by atoms with van der Waals surface area (Å²) in [6.45, 7) is 0.393. The van der Waals surface area contributed by atoms with Crippen LogP contribution in [-0.2, 0) is 11.3 Å². The Morgan fingerprint density at radius 1 is 0.967 bits per heavy atom. The van der Waals surface area contributed by atoms with Gasteiger partial charge in [-0.05, 0) is 23.8 Å². The lowest BCUT2D eigenvalue weighted by Crippen LogP contribution is -2.23. The highest BCUT2D eigenvalue weighted by Gasteiger charge is 2.24. The SMILES string of the molecule is O=C(Nc1c(Cl)cncc1Cl)C(=O)c1cn(Cc2ccccc2Cl)c2ncccc12. The van der Waals surface area contributed by atoms with E-state index in [2.05, 4.69) is 15.3 Å². The number of pyridine rings is 2. The lowest BCUT2D eigenvalue weighted by Gasteiger charge is -2.07. The minimum Gasteiger partial charge on any atom is -0.327 e. The maximum Gasteiger partial charge on any atom is 0.296 e. The van der Waals surface area contributed by atoms with Gasteiger partial charge in [0.2, 0.25) is 0 Å². The Bertz CT molecular complexity index is 1270. The molecule has 3 aromatic heterocycles. The Labute approximate surface area is 186 Å². The van der Waals surface area contributed by atoms with Crippen LogP contribution in [0, 0.1) is 0 Å². The molecule has 6 nitrogen and oxygen atoms in total. The fourth-order valence-electron chi connectivity index (χ4n) is 3.06. The van der Waals surface area contributed by atoms with Gasteiger partial charge in [0.1, 0.15) is 5.65 Å². The standard InChI is InChI=1S/C21H13Cl3N4O2/c22-15-6-2-1-4-12(15)10-28-11-14(13-5-3-7-26-20(13)28)19(29)21(30)27-18-16(23)8-25-9-17(18)24/h1-9,11H,10H2,(H,25,27,30). The predicted octanol–water partition coefficient (Wildman–Crippen LogP) is 5.26. The summed E-state index contributed by atoms with van der Waals surface area (Å²) in [5.41, 5.74) is 1.77. The van der Waals surface area contributed by atoms with Crippen molar-refractivity contribution in [3.63, 3.8) is 0 Å². The molecular formula is C21H13Cl3N4O2. The normalized spacial score (nSPS) is 10.9. The highest BCUT2D eigenvalue weighted by molar-refractivity contribution is 6.50. The van der Waals surface area contributed by atoms with Crippen molar-refractivity contribution in [2.45, 2.75) is 6.54 Å². The Balaban J connectivity index is 1.69. The smallest absolute Gasteiger partial charge is 0.296 e. The second kappa shape index (κ2) is 8.44. The molecule has 0 spiro atoms. The van der Waals surface area contributed by atoms with Crippen molar-refractivity contribution in [2.75, 3.05) is 5.32 Å². The van der Waals surface area contributed by atoms with Crippen molar-refractivity contribution in [3.8, 4) is 0 Å². The van der Waals surface area contributed by atoms with Crippen LogP contribution in [0.2, 0.25) is 15.1 Å². The number of ketones is 1. The van der Waals surface area contributed by atoms with Gasteiger partial charge in [-0.1, -0.05) is 53.0 Å². The highest BCUT2D eigenvalue weighted by atomic mass is 35.5. The zero-order chi connectivity index (χ0) is 21.3. The predicted molar refractivity (Wildman–Crippen MR) is 118 cm³/mol. The third kappa shape index (κ3) is 3.89. The van der Waals surface area contributed by atoms with Gasteiger partial charge in [0.25, 0.3) is 11.7 Å². The average molecular weight is 460 g/mol. The first kappa shape index (κ1) is 20.3. The number of benzene rings is 1. The molecule has 1 N–H and O–H groups in total. The molecule has 0 radical (unpaired) electrons. The van der Waals surface area contributed by atoms with E-state index in [1.807, 2.05) is 18.2 Å². The first-order valence-corrected chi connectivity index (χ1v) is 9.91. The van der Waals surface area contributed by atoms with Gasteiger partial charge < -0.3 is 9.88 Å². The maximum absolute atomic E-state index is 12.9. The second-order valence-corrected chi connectivity index (χ2v) is 7.62. The number of anilines is 1. The fraction of sp³-hybridized carbons (Fsp3) is 0.0476. The third-order valence-corrected chi connectivity index (χ3v) is 5.42. The van der Waals surface area contributed by atoms with Crippen molar-refractivity contribution in [2.24, 2.45) is 0 Å². The summed E-state index contributed by atoms with van der Waals surface area (Å²) < 4.78 is 1.78. The van der Waals surface area contributed by atoms with Crippen LogP contribution in [0.25, 0.3) is 11.0 Å². The molecule has 0 saturated carbocycles. The number of Topliss-reactive ketones (excluding diaryl/α,β-unsaturated/α-hetero) is 1. The quantitative estimate of drug-likeness (QED) is 0.326. The Morgan fingerprint density at radius 3 is 2.43 bits per heavy atom. The Morgan fingerprint density at radius 2 is 1.70 bits per heavy atom. The van der Waals surface area contributed by atoms with Gasteiger partial charge >= 0.3 is 0 Å². The number of aromatic nitrogens is 3. The summed E-state index contributed by atoms with van der Waals surface area (Å²) in [6, 6.07) is 10.8. The van der Waals surface area contributed by atoms with Gasteiger partial charge in [-0.2, -0.15) is 0 Å². The molecule has 0 saturated heterocycles. The lowest BCUT2D eigenvalue weighted by atomic mass is 10.1. The molecule has 0 aliphatic heterocycles. The first-order valence-electron chi connectivity index (χ1n) is 8.77. The van der Waals surface area contributed by atoms with E-state index in [9.17, 15) is 9.59 Å². The van der Waals surface area contributed by atoms with Crippen molar-refractivity contribution < 1.29 is 9.59 Å². The Kier molecular flexibility index (Phi) is 5.72. The maximum atomic E-state index is 12.9. The van der Waals surface area contributed by atoms with E-state index in [0.717, 1.165) is 5.56 Å². The zero-order valence-electron chi connectivity index (χ0n) is 15.3. The molecule has 0 unspecified atom stereocenters. The van der Waals surface area contributed by atoms with E-state index in [-0.39, 0.29) is 21.3 Å². The molecule has 4 rings (SSSR count). The molecule has 1 aromatic carbocycles. The molecule has 1 amide bonds. The third-order valence-electron chi connectivity index (χ3n) is 4.48. The summed E-state index contributed by atoms with van der Waals surface area (Å²) in [5, 5.41) is 3.88. The number of carbonyl (C=O) groups is 2. The van der Waals surface area contributed by atoms with Gasteiger partial charge in [0, 0.05) is 35.2 Å². The van der Waals surface area contributed by atoms with Crippen molar-refractivity contribution >= 4 is 63.2 Å². The van der Waals surface area contributed by atoms with E-state index in [0.29, 0.717) is 22.6 Å². The molecule has 0 atom stereocenters. The van der Waals surface area contributed by atoms with E-state index in [1.165, 1.54) is 12.4 Å².